The van der Waals surface area contributed by atoms with Crippen LogP contribution in [0.2, 0.25) is 0 Å². The normalized spacial score (nSPS) is 22.3. The van der Waals surface area contributed by atoms with E-state index in [1.54, 1.807) is 12.1 Å². The zero-order chi connectivity index (χ0) is 12.3. The van der Waals surface area contributed by atoms with Gasteiger partial charge in [-0.25, -0.2) is 0 Å². The Bertz CT molecular complexity index is 407. The first-order valence-electron chi connectivity index (χ1n) is 6.13. The molecule has 0 aromatic heterocycles. The van der Waals surface area contributed by atoms with Gasteiger partial charge in [-0.3, -0.25) is 4.90 Å². The molecule has 0 bridgehead atoms. The second-order valence-corrected chi connectivity index (χ2v) is 4.74. The first kappa shape index (κ1) is 12.1. The average molecular weight is 230 g/mol. The van der Waals surface area contributed by atoms with Crippen LogP contribution in [0.3, 0.4) is 0 Å². The van der Waals surface area contributed by atoms with Crippen LogP contribution >= 0.6 is 0 Å². The highest BCUT2D eigenvalue weighted by atomic mass is 16.3. The van der Waals surface area contributed by atoms with Crippen LogP contribution in [0.25, 0.3) is 0 Å². The molecule has 0 saturated carbocycles. The predicted octanol–water partition coefficient (Wildman–Crippen LogP) is 2.08. The lowest BCUT2D eigenvalue weighted by Crippen LogP contribution is -2.31. The Morgan fingerprint density at radius 3 is 2.71 bits per heavy atom. The summed E-state index contributed by atoms with van der Waals surface area (Å²) >= 11 is 0. The molecular weight excluding hydrogens is 212 g/mol. The summed E-state index contributed by atoms with van der Waals surface area (Å²) in [6.45, 7) is 3.97. The first-order chi connectivity index (χ1) is 8.20. The molecule has 17 heavy (non-hydrogen) atoms. The third-order valence-electron chi connectivity index (χ3n) is 3.52. The van der Waals surface area contributed by atoms with Crippen molar-refractivity contribution in [2.75, 3.05) is 13.1 Å². The summed E-state index contributed by atoms with van der Waals surface area (Å²) in [5.41, 5.74) is 1.53. The molecule has 90 valence electrons. The number of aliphatic hydroxyl groups excluding tert-OH is 1. The minimum Gasteiger partial charge on any atom is -0.387 e. The molecule has 3 nitrogen and oxygen atoms in total. The molecule has 1 saturated heterocycles. The van der Waals surface area contributed by atoms with Crippen molar-refractivity contribution in [1.29, 1.82) is 5.26 Å². The third kappa shape index (κ3) is 2.85. The molecule has 0 amide bonds. The lowest BCUT2D eigenvalue weighted by Gasteiger charge is -2.24. The molecule has 1 aromatic carbocycles. The minimum absolute atomic E-state index is 0.455. The molecule has 0 spiro atoms. The SMILES string of the molecule is CC1CCCN1CC(O)c1ccc(C#N)cc1. The molecule has 0 aliphatic carbocycles. The Kier molecular flexibility index (Phi) is 3.78. The summed E-state index contributed by atoms with van der Waals surface area (Å²) in [5, 5.41) is 18.8. The monoisotopic (exact) mass is 230 g/mol. The van der Waals surface area contributed by atoms with E-state index in [-0.39, 0.29) is 0 Å². The predicted molar refractivity (Wildman–Crippen MR) is 66.4 cm³/mol. The zero-order valence-corrected chi connectivity index (χ0v) is 10.1. The van der Waals surface area contributed by atoms with Crippen LogP contribution in [0.15, 0.2) is 24.3 Å². The van der Waals surface area contributed by atoms with Gasteiger partial charge in [-0.15, -0.1) is 0 Å². The summed E-state index contributed by atoms with van der Waals surface area (Å²) < 4.78 is 0. The summed E-state index contributed by atoms with van der Waals surface area (Å²) in [5.74, 6) is 0. The van der Waals surface area contributed by atoms with Gasteiger partial charge in [-0.05, 0) is 44.0 Å². The van der Waals surface area contributed by atoms with Crippen molar-refractivity contribution in [3.8, 4) is 6.07 Å². The second kappa shape index (κ2) is 5.31. The number of hydrogen-bond acceptors (Lipinski definition) is 3. The van der Waals surface area contributed by atoms with Crippen molar-refractivity contribution in [3.05, 3.63) is 35.4 Å². The zero-order valence-electron chi connectivity index (χ0n) is 10.1. The van der Waals surface area contributed by atoms with Gasteiger partial charge in [0.15, 0.2) is 0 Å². The standard InChI is InChI=1S/C14H18N2O/c1-11-3-2-8-16(11)10-14(17)13-6-4-12(9-15)5-7-13/h4-7,11,14,17H,2-3,8,10H2,1H3. The van der Waals surface area contributed by atoms with Crippen molar-refractivity contribution >= 4 is 0 Å². The highest BCUT2D eigenvalue weighted by Crippen LogP contribution is 2.21. The molecule has 2 unspecified atom stereocenters. The van der Waals surface area contributed by atoms with Crippen molar-refractivity contribution in [1.82, 2.24) is 4.90 Å². The lowest BCUT2D eigenvalue weighted by molar-refractivity contribution is 0.110. The van der Waals surface area contributed by atoms with Crippen LogP contribution in [0, 0.1) is 11.3 Å². The minimum atomic E-state index is -0.455. The lowest BCUT2D eigenvalue weighted by atomic mass is 10.1. The number of rotatable bonds is 3. The first-order valence-corrected chi connectivity index (χ1v) is 6.13. The quantitative estimate of drug-likeness (QED) is 0.864. The van der Waals surface area contributed by atoms with E-state index in [0.29, 0.717) is 18.2 Å². The van der Waals surface area contributed by atoms with E-state index in [4.69, 9.17) is 5.26 Å². The van der Waals surface area contributed by atoms with Crippen molar-refractivity contribution in [3.63, 3.8) is 0 Å². The van der Waals surface area contributed by atoms with Crippen molar-refractivity contribution in [2.45, 2.75) is 31.9 Å². The molecule has 2 atom stereocenters. The van der Waals surface area contributed by atoms with E-state index in [9.17, 15) is 5.11 Å². The Hall–Kier alpha value is -1.37. The highest BCUT2D eigenvalue weighted by Gasteiger charge is 2.22. The van der Waals surface area contributed by atoms with E-state index in [2.05, 4.69) is 17.9 Å². The molecule has 2 rings (SSSR count). The number of aliphatic hydroxyl groups is 1. The molecular formula is C14H18N2O. The van der Waals surface area contributed by atoms with Gasteiger partial charge in [0, 0.05) is 12.6 Å². The summed E-state index contributed by atoms with van der Waals surface area (Å²) in [6.07, 6.45) is 1.99. The molecule has 0 radical (unpaired) electrons. The second-order valence-electron chi connectivity index (χ2n) is 4.74. The van der Waals surface area contributed by atoms with Gasteiger partial charge in [-0.1, -0.05) is 12.1 Å². The molecule has 1 N–H and O–H groups in total. The van der Waals surface area contributed by atoms with Gasteiger partial charge in [-0.2, -0.15) is 5.26 Å². The fraction of sp³-hybridized carbons (Fsp3) is 0.500. The van der Waals surface area contributed by atoms with Crippen LogP contribution in [0.4, 0.5) is 0 Å². The largest absolute Gasteiger partial charge is 0.387 e. The summed E-state index contributed by atoms with van der Waals surface area (Å²) in [6, 6.07) is 9.84. The Morgan fingerprint density at radius 1 is 1.47 bits per heavy atom. The van der Waals surface area contributed by atoms with Gasteiger partial charge in [0.05, 0.1) is 17.7 Å². The van der Waals surface area contributed by atoms with Crippen molar-refractivity contribution < 1.29 is 5.11 Å². The van der Waals surface area contributed by atoms with Crippen LogP contribution in [0.1, 0.15) is 37.0 Å². The van der Waals surface area contributed by atoms with Gasteiger partial charge < -0.3 is 5.11 Å². The third-order valence-corrected chi connectivity index (χ3v) is 3.52. The fourth-order valence-corrected chi connectivity index (χ4v) is 2.37. The number of hydrogen-bond donors (Lipinski definition) is 1. The van der Waals surface area contributed by atoms with E-state index < -0.39 is 6.10 Å². The maximum atomic E-state index is 10.1. The Labute approximate surface area is 102 Å². The van der Waals surface area contributed by atoms with Gasteiger partial charge in [0.25, 0.3) is 0 Å². The van der Waals surface area contributed by atoms with Crippen LogP contribution < -0.4 is 0 Å². The molecule has 3 heteroatoms. The van der Waals surface area contributed by atoms with Gasteiger partial charge in [0.1, 0.15) is 0 Å². The number of benzene rings is 1. The van der Waals surface area contributed by atoms with Crippen LogP contribution in [-0.2, 0) is 0 Å². The van der Waals surface area contributed by atoms with Crippen LogP contribution in [-0.4, -0.2) is 29.1 Å². The fourth-order valence-electron chi connectivity index (χ4n) is 2.37. The highest BCUT2D eigenvalue weighted by molar-refractivity contribution is 5.32. The Balaban J connectivity index is 1.99. The number of nitrogens with zero attached hydrogens (tertiary/aromatic N) is 2. The smallest absolute Gasteiger partial charge is 0.0991 e. The average Bonchev–Trinajstić information content (AvgIpc) is 2.75. The van der Waals surface area contributed by atoms with E-state index in [1.807, 2.05) is 12.1 Å². The van der Waals surface area contributed by atoms with Gasteiger partial charge >= 0.3 is 0 Å². The molecule has 1 aromatic rings. The Morgan fingerprint density at radius 2 is 2.18 bits per heavy atom. The topological polar surface area (TPSA) is 47.3 Å². The molecule has 1 heterocycles. The van der Waals surface area contributed by atoms with Gasteiger partial charge in [0.2, 0.25) is 0 Å². The maximum Gasteiger partial charge on any atom is 0.0991 e. The molecule has 1 aliphatic rings. The van der Waals surface area contributed by atoms with Crippen molar-refractivity contribution in [2.24, 2.45) is 0 Å². The molecule has 1 fully saturated rings. The maximum absolute atomic E-state index is 10.1. The van der Waals surface area contributed by atoms with Crippen LogP contribution in [0.5, 0.6) is 0 Å². The number of nitriles is 1. The number of β-amino-alcohol motifs (C(OH)–C–C–N with tert-alkyl or cyclic N) is 1. The van der Waals surface area contributed by atoms with E-state index >= 15 is 0 Å². The summed E-state index contributed by atoms with van der Waals surface area (Å²) in [7, 11) is 0. The molecule has 1 aliphatic heterocycles. The summed E-state index contributed by atoms with van der Waals surface area (Å²) in [4.78, 5) is 2.32. The van der Waals surface area contributed by atoms with E-state index in [1.165, 1.54) is 12.8 Å². The van der Waals surface area contributed by atoms with E-state index in [0.717, 1.165) is 12.1 Å². The number of likely N-dealkylation sites (tertiary alicyclic amines) is 1.